The lowest BCUT2D eigenvalue weighted by Crippen LogP contribution is -2.16. The summed E-state index contributed by atoms with van der Waals surface area (Å²) in [6.45, 7) is 5.10. The number of aromatic nitrogens is 2. The van der Waals surface area contributed by atoms with Gasteiger partial charge in [-0.3, -0.25) is 14.2 Å². The molecule has 0 bridgehead atoms. The third-order valence-corrected chi connectivity index (χ3v) is 1.47. The van der Waals surface area contributed by atoms with Gasteiger partial charge in [-0.2, -0.15) is 4.98 Å². The normalized spacial score (nSPS) is 9.42. The van der Waals surface area contributed by atoms with Gasteiger partial charge in [0.15, 0.2) is 0 Å². The zero-order valence-electron chi connectivity index (χ0n) is 6.65. The fourth-order valence-corrected chi connectivity index (χ4v) is 0.909. The molecule has 1 rings (SSSR count). The van der Waals surface area contributed by atoms with Crippen LogP contribution < -0.4 is 5.56 Å². The molecule has 0 aliphatic carbocycles. The van der Waals surface area contributed by atoms with Crippen molar-refractivity contribution < 1.29 is 4.79 Å². The first-order valence-electron chi connectivity index (χ1n) is 3.37. The minimum Gasteiger partial charge on any atom is -0.278 e. The first-order chi connectivity index (χ1) is 5.69. The van der Waals surface area contributed by atoms with E-state index < -0.39 is 0 Å². The fourth-order valence-electron chi connectivity index (χ4n) is 0.909. The van der Waals surface area contributed by atoms with E-state index in [4.69, 9.17) is 0 Å². The number of aryl methyl sites for hydroxylation is 1. The second-order valence-electron chi connectivity index (χ2n) is 2.27. The van der Waals surface area contributed by atoms with Crippen LogP contribution in [0.15, 0.2) is 17.4 Å². The van der Waals surface area contributed by atoms with Crippen molar-refractivity contribution in [2.75, 3.05) is 0 Å². The maximum Gasteiger partial charge on any atom is 0.273 e. The van der Waals surface area contributed by atoms with Crippen LogP contribution in [-0.2, 0) is 4.79 Å². The minimum atomic E-state index is -0.361. The number of rotatable bonds is 2. The topological polar surface area (TPSA) is 52.0 Å². The zero-order valence-corrected chi connectivity index (χ0v) is 6.65. The van der Waals surface area contributed by atoms with Crippen molar-refractivity contribution in [3.63, 3.8) is 0 Å². The summed E-state index contributed by atoms with van der Waals surface area (Å²) in [4.78, 5) is 24.9. The summed E-state index contributed by atoms with van der Waals surface area (Å²) < 4.78 is 1.26. The van der Waals surface area contributed by atoms with Crippen LogP contribution in [0.25, 0.3) is 6.08 Å². The predicted molar refractivity (Wildman–Crippen MR) is 45.5 cm³/mol. The van der Waals surface area contributed by atoms with Gasteiger partial charge in [-0.1, -0.05) is 6.58 Å². The number of hydrogen-bond donors (Lipinski definition) is 0. The summed E-state index contributed by atoms with van der Waals surface area (Å²) in [5, 5.41) is 0. The third-order valence-electron chi connectivity index (χ3n) is 1.47. The van der Waals surface area contributed by atoms with E-state index in [1.54, 1.807) is 6.92 Å². The van der Waals surface area contributed by atoms with Gasteiger partial charge in [0.05, 0.1) is 0 Å². The molecule has 0 saturated heterocycles. The Morgan fingerprint density at radius 2 is 2.33 bits per heavy atom. The van der Waals surface area contributed by atoms with E-state index in [0.717, 1.165) is 0 Å². The third kappa shape index (κ3) is 1.32. The van der Waals surface area contributed by atoms with Crippen molar-refractivity contribution in [3.05, 3.63) is 34.5 Å². The van der Waals surface area contributed by atoms with E-state index in [1.807, 2.05) is 0 Å². The maximum absolute atomic E-state index is 10.9. The summed E-state index contributed by atoms with van der Waals surface area (Å²) in [5.41, 5.74) is 0.195. The van der Waals surface area contributed by atoms with Gasteiger partial charge in [-0.25, -0.2) is 0 Å². The number of carbonyl (C=O) groups excluding carboxylic acids is 1. The highest BCUT2D eigenvalue weighted by atomic mass is 16.1. The van der Waals surface area contributed by atoms with Crippen molar-refractivity contribution in [1.29, 1.82) is 0 Å². The van der Waals surface area contributed by atoms with Gasteiger partial charge in [-0.05, 0) is 13.0 Å². The molecular weight excluding hydrogens is 156 g/mol. The van der Waals surface area contributed by atoms with Crippen LogP contribution in [-0.4, -0.2) is 16.0 Å². The lowest BCUT2D eigenvalue weighted by molar-refractivity contribution is 0.544. The molecule has 0 aliphatic heterocycles. The Balaban J connectivity index is 3.53. The first-order valence-corrected chi connectivity index (χ1v) is 3.37. The highest BCUT2D eigenvalue weighted by molar-refractivity contribution is 5.59. The van der Waals surface area contributed by atoms with Crippen LogP contribution in [0.5, 0.6) is 0 Å². The predicted octanol–water partition coefficient (Wildman–Crippen LogP) is 0.233. The molecule has 0 unspecified atom stereocenters. The standard InChI is InChI=1S/C8H8N2O2/c1-3-7-9-8(12)4-6(2)10(7)5-11/h3-5H,1H2,2H3. The Labute approximate surface area is 69.2 Å². The Kier molecular flexibility index (Phi) is 2.19. The van der Waals surface area contributed by atoms with Gasteiger partial charge in [0.25, 0.3) is 5.56 Å². The molecule has 0 spiro atoms. The minimum absolute atomic E-state index is 0.273. The Morgan fingerprint density at radius 1 is 1.67 bits per heavy atom. The molecule has 4 heteroatoms. The van der Waals surface area contributed by atoms with Gasteiger partial charge in [0, 0.05) is 11.8 Å². The molecule has 12 heavy (non-hydrogen) atoms. The summed E-state index contributed by atoms with van der Waals surface area (Å²) in [7, 11) is 0. The second kappa shape index (κ2) is 3.13. The summed E-state index contributed by atoms with van der Waals surface area (Å²) in [5.74, 6) is 0.273. The quantitative estimate of drug-likeness (QED) is 0.588. The van der Waals surface area contributed by atoms with E-state index in [9.17, 15) is 9.59 Å². The van der Waals surface area contributed by atoms with Crippen LogP contribution in [0.4, 0.5) is 0 Å². The van der Waals surface area contributed by atoms with Crippen molar-refractivity contribution >= 4 is 12.5 Å². The molecule has 0 saturated carbocycles. The highest BCUT2D eigenvalue weighted by Gasteiger charge is 2.00. The molecule has 0 amide bonds. The summed E-state index contributed by atoms with van der Waals surface area (Å²) >= 11 is 0. The molecule has 1 heterocycles. The first kappa shape index (κ1) is 8.39. The monoisotopic (exact) mass is 164 g/mol. The average molecular weight is 164 g/mol. The maximum atomic E-state index is 10.9. The molecule has 0 atom stereocenters. The van der Waals surface area contributed by atoms with E-state index in [1.165, 1.54) is 16.7 Å². The fraction of sp³-hybridized carbons (Fsp3) is 0.125. The van der Waals surface area contributed by atoms with Crippen molar-refractivity contribution in [2.24, 2.45) is 0 Å². The molecule has 0 radical (unpaired) electrons. The molecule has 4 nitrogen and oxygen atoms in total. The van der Waals surface area contributed by atoms with Gasteiger partial charge >= 0.3 is 0 Å². The van der Waals surface area contributed by atoms with Gasteiger partial charge < -0.3 is 0 Å². The summed E-state index contributed by atoms with van der Waals surface area (Å²) in [6.07, 6.45) is 1.96. The van der Waals surface area contributed by atoms with Crippen molar-refractivity contribution in [2.45, 2.75) is 6.92 Å². The molecule has 0 aromatic carbocycles. The Morgan fingerprint density at radius 3 is 2.83 bits per heavy atom. The zero-order chi connectivity index (χ0) is 9.14. The Bertz CT molecular complexity index is 379. The molecule has 62 valence electrons. The molecular formula is C8H8N2O2. The van der Waals surface area contributed by atoms with Gasteiger partial charge in [0.2, 0.25) is 6.41 Å². The van der Waals surface area contributed by atoms with Crippen LogP contribution >= 0.6 is 0 Å². The molecule has 0 fully saturated rings. The highest BCUT2D eigenvalue weighted by Crippen LogP contribution is 1.96. The van der Waals surface area contributed by atoms with E-state index >= 15 is 0 Å². The summed E-state index contributed by atoms with van der Waals surface area (Å²) in [6, 6.07) is 1.29. The number of hydrogen-bond acceptors (Lipinski definition) is 3. The smallest absolute Gasteiger partial charge is 0.273 e. The van der Waals surface area contributed by atoms with E-state index in [-0.39, 0.29) is 11.4 Å². The number of nitrogens with zero attached hydrogens (tertiary/aromatic N) is 2. The molecule has 1 aromatic heterocycles. The largest absolute Gasteiger partial charge is 0.278 e. The molecule has 1 aromatic rings. The van der Waals surface area contributed by atoms with Crippen LogP contribution in [0.2, 0.25) is 0 Å². The SMILES string of the molecule is C=Cc1nc(=O)cc(C)n1C=O. The Hall–Kier alpha value is -1.71. The van der Waals surface area contributed by atoms with Crippen LogP contribution in [0.1, 0.15) is 11.5 Å². The van der Waals surface area contributed by atoms with E-state index in [2.05, 4.69) is 11.6 Å². The average Bonchev–Trinajstić information content (AvgIpc) is 2.03. The van der Waals surface area contributed by atoms with Gasteiger partial charge in [0.1, 0.15) is 5.82 Å². The van der Waals surface area contributed by atoms with Crippen LogP contribution in [0.3, 0.4) is 0 Å². The molecule has 0 N–H and O–H groups in total. The second-order valence-corrected chi connectivity index (χ2v) is 2.27. The van der Waals surface area contributed by atoms with Crippen molar-refractivity contribution in [3.8, 4) is 0 Å². The molecule has 0 aliphatic rings. The van der Waals surface area contributed by atoms with Crippen molar-refractivity contribution in [1.82, 2.24) is 9.55 Å². The lowest BCUT2D eigenvalue weighted by Gasteiger charge is -2.03. The van der Waals surface area contributed by atoms with E-state index in [0.29, 0.717) is 12.1 Å². The lowest BCUT2D eigenvalue weighted by atomic mass is 10.4. The van der Waals surface area contributed by atoms with Crippen LogP contribution in [0, 0.1) is 6.92 Å². The number of carbonyl (C=O) groups is 1. The van der Waals surface area contributed by atoms with Gasteiger partial charge in [-0.15, -0.1) is 0 Å².